The highest BCUT2D eigenvalue weighted by atomic mass is 16.2. The second-order valence-electron chi connectivity index (χ2n) is 7.45. The van der Waals surface area contributed by atoms with Crippen molar-refractivity contribution in [3.05, 3.63) is 83.7 Å². The second-order valence-corrected chi connectivity index (χ2v) is 7.45. The van der Waals surface area contributed by atoms with Gasteiger partial charge in [-0.05, 0) is 61.1 Å². The number of benzene rings is 2. The van der Waals surface area contributed by atoms with Crippen molar-refractivity contribution in [2.24, 2.45) is 0 Å². The number of nitrogens with zero attached hydrogens (tertiary/aromatic N) is 2. The molecule has 1 amide bonds. The SMILES string of the molecule is CC(C)N1C(=O)Cc2ccc(-c3cncc(CCc4ccccc4)c3)cc21. The Hall–Kier alpha value is -2.94. The minimum absolute atomic E-state index is 0.171. The maximum atomic E-state index is 12.3. The number of fused-ring (bicyclic) bond motifs is 1. The first-order valence-corrected chi connectivity index (χ1v) is 9.55. The third kappa shape index (κ3) is 3.63. The van der Waals surface area contributed by atoms with Crippen molar-refractivity contribution < 1.29 is 4.79 Å². The molecule has 0 aliphatic carbocycles. The summed E-state index contributed by atoms with van der Waals surface area (Å²) < 4.78 is 0. The first-order chi connectivity index (χ1) is 13.1. The minimum atomic E-state index is 0.171. The summed E-state index contributed by atoms with van der Waals surface area (Å²) in [6.07, 6.45) is 6.33. The van der Waals surface area contributed by atoms with Crippen LogP contribution in [0.2, 0.25) is 0 Å². The molecule has 0 bridgehead atoms. The number of pyridine rings is 1. The summed E-state index contributed by atoms with van der Waals surface area (Å²) in [5.74, 6) is 0.187. The van der Waals surface area contributed by atoms with Crippen LogP contribution in [0.5, 0.6) is 0 Å². The standard InChI is InChI=1S/C24H24N2O/c1-17(2)26-23-13-20(10-11-21(23)14-24(26)27)22-12-19(15-25-16-22)9-8-18-6-4-3-5-7-18/h3-7,10-13,15-17H,8-9,14H2,1-2H3. The molecule has 3 aromatic rings. The zero-order chi connectivity index (χ0) is 18.8. The Morgan fingerprint density at radius 1 is 0.926 bits per heavy atom. The van der Waals surface area contributed by atoms with Crippen LogP contribution in [0.25, 0.3) is 11.1 Å². The highest BCUT2D eigenvalue weighted by Gasteiger charge is 2.29. The van der Waals surface area contributed by atoms with Crippen LogP contribution in [0.3, 0.4) is 0 Å². The van der Waals surface area contributed by atoms with Crippen molar-refractivity contribution in [1.29, 1.82) is 0 Å². The van der Waals surface area contributed by atoms with E-state index in [0.29, 0.717) is 6.42 Å². The van der Waals surface area contributed by atoms with Crippen LogP contribution in [0.15, 0.2) is 67.0 Å². The summed E-state index contributed by atoms with van der Waals surface area (Å²) in [5, 5.41) is 0. The van der Waals surface area contributed by atoms with Crippen LogP contribution in [0, 0.1) is 0 Å². The van der Waals surface area contributed by atoms with E-state index in [-0.39, 0.29) is 11.9 Å². The molecule has 0 unspecified atom stereocenters. The maximum absolute atomic E-state index is 12.3. The lowest BCUT2D eigenvalue weighted by molar-refractivity contribution is -0.117. The molecule has 2 aromatic carbocycles. The predicted octanol–water partition coefficient (Wildman–Crippen LogP) is 4.83. The monoisotopic (exact) mass is 356 g/mol. The molecule has 3 heteroatoms. The molecule has 3 nitrogen and oxygen atoms in total. The molecule has 4 rings (SSSR count). The Labute approximate surface area is 160 Å². The highest BCUT2D eigenvalue weighted by molar-refractivity contribution is 6.02. The molecule has 1 aliphatic rings. The molecule has 0 fully saturated rings. The third-order valence-corrected chi connectivity index (χ3v) is 5.14. The van der Waals surface area contributed by atoms with E-state index >= 15 is 0 Å². The molecule has 0 atom stereocenters. The smallest absolute Gasteiger partial charge is 0.231 e. The van der Waals surface area contributed by atoms with E-state index in [2.05, 4.69) is 67.4 Å². The summed E-state index contributed by atoms with van der Waals surface area (Å²) >= 11 is 0. The van der Waals surface area contributed by atoms with Crippen molar-refractivity contribution in [1.82, 2.24) is 4.98 Å². The van der Waals surface area contributed by atoms with Crippen LogP contribution in [0.1, 0.15) is 30.5 Å². The Kier molecular flexibility index (Phi) is 4.76. The van der Waals surface area contributed by atoms with Crippen LogP contribution in [-0.4, -0.2) is 16.9 Å². The summed E-state index contributed by atoms with van der Waals surface area (Å²) in [7, 11) is 0. The van der Waals surface area contributed by atoms with Crippen LogP contribution >= 0.6 is 0 Å². The summed E-state index contributed by atoms with van der Waals surface area (Å²) in [5.41, 5.74) is 6.95. The molecule has 0 spiro atoms. The number of aryl methyl sites for hydroxylation is 2. The minimum Gasteiger partial charge on any atom is -0.309 e. The zero-order valence-electron chi connectivity index (χ0n) is 15.9. The van der Waals surface area contributed by atoms with Crippen molar-refractivity contribution in [2.45, 2.75) is 39.2 Å². The third-order valence-electron chi connectivity index (χ3n) is 5.14. The Balaban J connectivity index is 1.59. The molecule has 0 radical (unpaired) electrons. The fourth-order valence-electron chi connectivity index (χ4n) is 3.78. The number of amides is 1. The molecular formula is C24H24N2O. The Morgan fingerprint density at radius 3 is 2.48 bits per heavy atom. The first kappa shape index (κ1) is 17.5. The lowest BCUT2D eigenvalue weighted by atomic mass is 10.00. The number of carbonyl (C=O) groups is 1. The van der Waals surface area contributed by atoms with E-state index in [0.717, 1.165) is 35.2 Å². The number of rotatable bonds is 5. The van der Waals surface area contributed by atoms with Gasteiger partial charge in [-0.25, -0.2) is 0 Å². The number of hydrogen-bond acceptors (Lipinski definition) is 2. The topological polar surface area (TPSA) is 33.2 Å². The molecule has 1 aliphatic heterocycles. The van der Waals surface area contributed by atoms with Gasteiger partial charge in [0, 0.05) is 29.7 Å². The molecule has 0 saturated heterocycles. The van der Waals surface area contributed by atoms with Gasteiger partial charge in [-0.2, -0.15) is 0 Å². The molecule has 27 heavy (non-hydrogen) atoms. The lowest BCUT2D eigenvalue weighted by Crippen LogP contribution is -2.33. The first-order valence-electron chi connectivity index (χ1n) is 9.55. The maximum Gasteiger partial charge on any atom is 0.231 e. The van der Waals surface area contributed by atoms with E-state index in [4.69, 9.17) is 0 Å². The predicted molar refractivity (Wildman–Crippen MR) is 110 cm³/mol. The van der Waals surface area contributed by atoms with Gasteiger partial charge in [0.05, 0.1) is 6.42 Å². The van der Waals surface area contributed by atoms with E-state index in [1.165, 1.54) is 11.1 Å². The number of aromatic nitrogens is 1. The van der Waals surface area contributed by atoms with Crippen LogP contribution in [-0.2, 0) is 24.1 Å². The molecule has 0 saturated carbocycles. The van der Waals surface area contributed by atoms with Gasteiger partial charge >= 0.3 is 0 Å². The number of anilines is 1. The molecule has 1 aromatic heterocycles. The van der Waals surface area contributed by atoms with Crippen LogP contribution in [0.4, 0.5) is 5.69 Å². The van der Waals surface area contributed by atoms with E-state index in [1.807, 2.05) is 23.4 Å². The van der Waals surface area contributed by atoms with Gasteiger partial charge in [0.1, 0.15) is 0 Å². The average Bonchev–Trinajstić information content (AvgIpc) is 3.02. The largest absolute Gasteiger partial charge is 0.309 e. The molecule has 0 N–H and O–H groups in total. The summed E-state index contributed by atoms with van der Waals surface area (Å²) in [6.45, 7) is 4.12. The van der Waals surface area contributed by atoms with Crippen molar-refractivity contribution in [3.8, 4) is 11.1 Å². The highest BCUT2D eigenvalue weighted by Crippen LogP contribution is 2.34. The van der Waals surface area contributed by atoms with E-state index < -0.39 is 0 Å². The van der Waals surface area contributed by atoms with Gasteiger partial charge in [0.15, 0.2) is 0 Å². The molecule has 136 valence electrons. The fraction of sp³-hybridized carbons (Fsp3) is 0.250. The van der Waals surface area contributed by atoms with Gasteiger partial charge < -0.3 is 4.90 Å². The number of hydrogen-bond donors (Lipinski definition) is 0. The van der Waals surface area contributed by atoms with Gasteiger partial charge in [0.2, 0.25) is 5.91 Å². The lowest BCUT2D eigenvalue weighted by Gasteiger charge is -2.22. The normalized spacial score (nSPS) is 13.3. The van der Waals surface area contributed by atoms with Crippen molar-refractivity contribution in [2.75, 3.05) is 4.90 Å². The Bertz CT molecular complexity index is 963. The second kappa shape index (κ2) is 7.36. The summed E-state index contributed by atoms with van der Waals surface area (Å²) in [6, 6.07) is 19.2. The van der Waals surface area contributed by atoms with Gasteiger partial charge in [-0.1, -0.05) is 42.5 Å². The van der Waals surface area contributed by atoms with Gasteiger partial charge in [-0.15, -0.1) is 0 Å². The van der Waals surface area contributed by atoms with Crippen molar-refractivity contribution >= 4 is 11.6 Å². The quantitative estimate of drug-likeness (QED) is 0.656. The van der Waals surface area contributed by atoms with Crippen LogP contribution < -0.4 is 4.90 Å². The fourth-order valence-corrected chi connectivity index (χ4v) is 3.78. The van der Waals surface area contributed by atoms with E-state index in [9.17, 15) is 4.79 Å². The van der Waals surface area contributed by atoms with Gasteiger partial charge in [0.25, 0.3) is 0 Å². The average molecular weight is 356 g/mol. The molecule has 2 heterocycles. The van der Waals surface area contributed by atoms with Gasteiger partial charge in [-0.3, -0.25) is 9.78 Å². The molecular weight excluding hydrogens is 332 g/mol. The zero-order valence-corrected chi connectivity index (χ0v) is 15.9. The van der Waals surface area contributed by atoms with E-state index in [1.54, 1.807) is 0 Å². The number of carbonyl (C=O) groups excluding carboxylic acids is 1. The van der Waals surface area contributed by atoms with Crippen molar-refractivity contribution in [3.63, 3.8) is 0 Å². The Morgan fingerprint density at radius 2 is 1.70 bits per heavy atom. The summed E-state index contributed by atoms with van der Waals surface area (Å²) in [4.78, 5) is 18.7.